The minimum atomic E-state index is 0.101. The number of nitrogens with one attached hydrogen (secondary N) is 1. The molecule has 6 heteroatoms. The summed E-state index contributed by atoms with van der Waals surface area (Å²) in [7, 11) is 0. The Morgan fingerprint density at radius 3 is 2.78 bits per heavy atom. The first kappa shape index (κ1) is 16.9. The summed E-state index contributed by atoms with van der Waals surface area (Å²) < 4.78 is 5.79. The number of phenols is 1. The Morgan fingerprint density at radius 2 is 2.00 bits per heavy atom. The number of carbonyl (C=O) groups is 1. The summed E-state index contributed by atoms with van der Waals surface area (Å²) >= 11 is 6.11. The van der Waals surface area contributed by atoms with Crippen molar-refractivity contribution >= 4 is 17.5 Å². The van der Waals surface area contributed by atoms with E-state index in [0.29, 0.717) is 42.3 Å². The highest BCUT2D eigenvalue weighted by Gasteiger charge is 2.57. The number of amides is 1. The highest BCUT2D eigenvalue weighted by Crippen LogP contribution is 2.50. The summed E-state index contributed by atoms with van der Waals surface area (Å²) in [6, 6.07) is 11.2. The summed E-state index contributed by atoms with van der Waals surface area (Å²) in [4.78, 5) is 14.9. The van der Waals surface area contributed by atoms with Crippen LogP contribution >= 0.6 is 11.6 Å². The van der Waals surface area contributed by atoms with Crippen molar-refractivity contribution in [2.45, 2.75) is 6.54 Å². The van der Waals surface area contributed by atoms with Gasteiger partial charge in [-0.2, -0.15) is 0 Å². The molecule has 140 valence electrons. The van der Waals surface area contributed by atoms with Crippen molar-refractivity contribution in [3.05, 3.63) is 47.0 Å². The fourth-order valence-electron chi connectivity index (χ4n) is 4.52. The van der Waals surface area contributed by atoms with Gasteiger partial charge in [-0.3, -0.25) is 4.79 Å². The third-order valence-corrected chi connectivity index (χ3v) is 6.20. The average Bonchev–Trinajstić information content (AvgIpc) is 3.23. The summed E-state index contributed by atoms with van der Waals surface area (Å²) in [6.45, 7) is 3.29. The van der Waals surface area contributed by atoms with Gasteiger partial charge in [0.2, 0.25) is 5.91 Å². The smallest absolute Gasteiger partial charge is 0.226 e. The van der Waals surface area contributed by atoms with E-state index in [1.54, 1.807) is 6.07 Å². The Morgan fingerprint density at radius 1 is 1.19 bits per heavy atom. The van der Waals surface area contributed by atoms with Crippen LogP contribution in [0.15, 0.2) is 36.4 Å². The van der Waals surface area contributed by atoms with E-state index in [1.165, 1.54) is 0 Å². The van der Waals surface area contributed by atoms with E-state index >= 15 is 0 Å². The third kappa shape index (κ3) is 2.95. The lowest BCUT2D eigenvalue weighted by Gasteiger charge is -2.21. The second-order valence-electron chi connectivity index (χ2n) is 7.61. The molecule has 27 heavy (non-hydrogen) atoms. The molecule has 2 aromatic carbocycles. The lowest BCUT2D eigenvalue weighted by atomic mass is 10.0. The van der Waals surface area contributed by atoms with E-state index in [2.05, 4.69) is 5.32 Å². The van der Waals surface area contributed by atoms with E-state index in [4.69, 9.17) is 16.3 Å². The Hall–Kier alpha value is -2.24. The summed E-state index contributed by atoms with van der Waals surface area (Å²) in [5, 5.41) is 14.5. The molecule has 0 aromatic heterocycles. The number of benzene rings is 2. The minimum Gasteiger partial charge on any atom is -0.504 e. The molecule has 2 heterocycles. The van der Waals surface area contributed by atoms with Crippen LogP contribution in [-0.2, 0) is 11.3 Å². The van der Waals surface area contributed by atoms with Gasteiger partial charge in [0.25, 0.3) is 0 Å². The maximum absolute atomic E-state index is 13.0. The highest BCUT2D eigenvalue weighted by atomic mass is 35.5. The number of piperidine rings is 1. The van der Waals surface area contributed by atoms with Crippen LogP contribution in [0.2, 0.25) is 5.02 Å². The number of aromatic hydroxyl groups is 1. The monoisotopic (exact) mass is 384 g/mol. The molecule has 3 atom stereocenters. The van der Waals surface area contributed by atoms with Crippen molar-refractivity contribution in [3.8, 4) is 22.6 Å². The number of halogens is 1. The third-order valence-electron chi connectivity index (χ3n) is 5.96. The first-order valence-electron chi connectivity index (χ1n) is 9.36. The van der Waals surface area contributed by atoms with Crippen molar-refractivity contribution in [1.82, 2.24) is 10.2 Å². The predicted molar refractivity (Wildman–Crippen MR) is 103 cm³/mol. The molecule has 2 aromatic rings. The second-order valence-corrected chi connectivity index (χ2v) is 8.05. The van der Waals surface area contributed by atoms with Crippen LogP contribution in [-0.4, -0.2) is 42.2 Å². The maximum atomic E-state index is 13.0. The molecule has 3 aliphatic rings. The van der Waals surface area contributed by atoms with Crippen LogP contribution in [0.25, 0.3) is 11.1 Å². The molecular formula is C21H21ClN2O3. The topological polar surface area (TPSA) is 61.8 Å². The van der Waals surface area contributed by atoms with Gasteiger partial charge in [0.05, 0.1) is 6.54 Å². The Kier molecular flexibility index (Phi) is 4.02. The van der Waals surface area contributed by atoms with Gasteiger partial charge in [0.1, 0.15) is 6.61 Å². The highest BCUT2D eigenvalue weighted by molar-refractivity contribution is 6.30. The molecule has 1 unspecified atom stereocenters. The Balaban J connectivity index is 1.45. The number of rotatable bonds is 2. The van der Waals surface area contributed by atoms with Gasteiger partial charge in [0.15, 0.2) is 11.5 Å². The zero-order valence-corrected chi connectivity index (χ0v) is 15.6. The Bertz CT molecular complexity index is 906. The van der Waals surface area contributed by atoms with Gasteiger partial charge in [0, 0.05) is 23.0 Å². The molecule has 2 aliphatic heterocycles. The zero-order valence-electron chi connectivity index (χ0n) is 14.8. The first-order valence-corrected chi connectivity index (χ1v) is 9.74. The molecule has 0 radical (unpaired) electrons. The van der Waals surface area contributed by atoms with Crippen molar-refractivity contribution in [2.75, 3.05) is 26.2 Å². The number of carbonyl (C=O) groups excluding carboxylic acids is 1. The van der Waals surface area contributed by atoms with Crippen LogP contribution < -0.4 is 10.1 Å². The summed E-state index contributed by atoms with van der Waals surface area (Å²) in [5.74, 6) is 1.94. The number of ether oxygens (including phenoxy) is 1. The van der Waals surface area contributed by atoms with Gasteiger partial charge in [-0.05, 0) is 60.3 Å². The fourth-order valence-corrected chi connectivity index (χ4v) is 4.71. The molecule has 1 saturated carbocycles. The lowest BCUT2D eigenvalue weighted by molar-refractivity contribution is -0.134. The lowest BCUT2D eigenvalue weighted by Crippen LogP contribution is -2.36. The van der Waals surface area contributed by atoms with Gasteiger partial charge >= 0.3 is 0 Å². The molecule has 2 N–H and O–H groups in total. The first-order chi connectivity index (χ1) is 13.1. The van der Waals surface area contributed by atoms with E-state index < -0.39 is 0 Å². The number of fused-ring (bicyclic) bond motifs is 2. The fraction of sp³-hybridized carbons (Fsp3) is 0.381. The van der Waals surface area contributed by atoms with E-state index in [1.807, 2.05) is 35.2 Å². The van der Waals surface area contributed by atoms with Crippen molar-refractivity contribution in [2.24, 2.45) is 17.8 Å². The quantitative estimate of drug-likeness (QED) is 0.835. The van der Waals surface area contributed by atoms with Crippen molar-refractivity contribution < 1.29 is 14.6 Å². The predicted octanol–water partition coefficient (Wildman–Crippen LogP) is 2.90. The molecule has 0 spiro atoms. The molecule has 5 rings (SSSR count). The van der Waals surface area contributed by atoms with Crippen LogP contribution in [0.1, 0.15) is 5.56 Å². The molecule has 5 nitrogen and oxygen atoms in total. The van der Waals surface area contributed by atoms with Crippen LogP contribution in [0.4, 0.5) is 0 Å². The molecule has 1 amide bonds. The van der Waals surface area contributed by atoms with Gasteiger partial charge in [-0.1, -0.05) is 23.7 Å². The van der Waals surface area contributed by atoms with Crippen LogP contribution in [0.3, 0.4) is 0 Å². The standard InChI is InChI=1S/C21H21ClN2O3/c22-15-3-1-2-12(7-15)13-6-14-11-24(4-5-27-20(14)18(25)8-13)21(26)19-16-9-23-10-17(16)19/h1-3,6-8,16-17,19,23,25H,4-5,9-11H2/t16-,17+,19?. The number of phenolic OH excluding ortho intramolecular Hbond substituents is 1. The molecule has 0 bridgehead atoms. The van der Waals surface area contributed by atoms with Crippen LogP contribution in [0.5, 0.6) is 11.5 Å². The second kappa shape index (κ2) is 6.43. The van der Waals surface area contributed by atoms with Gasteiger partial charge < -0.3 is 20.1 Å². The molecular weight excluding hydrogens is 364 g/mol. The largest absolute Gasteiger partial charge is 0.504 e. The van der Waals surface area contributed by atoms with Gasteiger partial charge in [-0.25, -0.2) is 0 Å². The van der Waals surface area contributed by atoms with Crippen molar-refractivity contribution in [3.63, 3.8) is 0 Å². The summed E-state index contributed by atoms with van der Waals surface area (Å²) in [5.41, 5.74) is 2.62. The minimum absolute atomic E-state index is 0.101. The SMILES string of the molecule is O=C(C1[C@H]2CNC[C@@H]12)N1CCOc2c(O)cc(-c3cccc(Cl)c3)cc2C1. The average molecular weight is 385 g/mol. The van der Waals surface area contributed by atoms with Crippen LogP contribution in [0, 0.1) is 17.8 Å². The van der Waals surface area contributed by atoms with E-state index in [9.17, 15) is 9.90 Å². The number of nitrogens with zero attached hydrogens (tertiary/aromatic N) is 1. The van der Waals surface area contributed by atoms with E-state index in [-0.39, 0.29) is 17.6 Å². The zero-order chi connectivity index (χ0) is 18.5. The number of hydrogen-bond acceptors (Lipinski definition) is 4. The maximum Gasteiger partial charge on any atom is 0.226 e. The number of hydrogen-bond donors (Lipinski definition) is 2. The molecule has 1 aliphatic carbocycles. The molecule has 2 fully saturated rings. The van der Waals surface area contributed by atoms with Gasteiger partial charge in [-0.15, -0.1) is 0 Å². The molecule has 1 saturated heterocycles. The van der Waals surface area contributed by atoms with E-state index in [0.717, 1.165) is 29.8 Å². The Labute approximate surface area is 162 Å². The van der Waals surface area contributed by atoms with Crippen molar-refractivity contribution in [1.29, 1.82) is 0 Å². The summed E-state index contributed by atoms with van der Waals surface area (Å²) in [6.07, 6.45) is 0. The normalized spacial score (nSPS) is 26.0.